The van der Waals surface area contributed by atoms with Crippen LogP contribution in [-0.2, 0) is 22.3 Å². The summed E-state index contributed by atoms with van der Waals surface area (Å²) in [6.07, 6.45) is -2.82. The first-order chi connectivity index (χ1) is 13.5. The quantitative estimate of drug-likeness (QED) is 0.719. The van der Waals surface area contributed by atoms with E-state index in [4.69, 9.17) is 11.6 Å². The minimum atomic E-state index is -4.58. The highest BCUT2D eigenvalue weighted by Crippen LogP contribution is 2.45. The van der Waals surface area contributed by atoms with Crippen LogP contribution in [0.3, 0.4) is 0 Å². The molecule has 4 amide bonds. The normalized spacial score (nSPS) is 26.4. The Balaban J connectivity index is 1.50. The van der Waals surface area contributed by atoms with Gasteiger partial charge in [0, 0.05) is 13.0 Å². The van der Waals surface area contributed by atoms with E-state index < -0.39 is 40.3 Å². The van der Waals surface area contributed by atoms with Gasteiger partial charge in [-0.25, -0.2) is 4.79 Å². The van der Waals surface area contributed by atoms with Gasteiger partial charge in [-0.15, -0.1) is 0 Å². The van der Waals surface area contributed by atoms with Crippen molar-refractivity contribution < 1.29 is 27.6 Å². The van der Waals surface area contributed by atoms with Crippen LogP contribution >= 0.6 is 11.6 Å². The number of carbonyl (C=O) groups excluding carboxylic acids is 3. The Bertz CT molecular complexity index is 916. The average Bonchev–Trinajstić information content (AvgIpc) is 3.36. The zero-order chi connectivity index (χ0) is 21.1. The van der Waals surface area contributed by atoms with Crippen molar-refractivity contribution in [2.75, 3.05) is 0 Å². The Labute approximate surface area is 169 Å². The molecule has 2 fully saturated rings. The summed E-state index contributed by atoms with van der Waals surface area (Å²) in [5.41, 5.74) is -1.00. The van der Waals surface area contributed by atoms with E-state index >= 15 is 0 Å². The topological polar surface area (TPSA) is 78.5 Å². The molecule has 29 heavy (non-hydrogen) atoms. The van der Waals surface area contributed by atoms with E-state index in [1.807, 2.05) is 0 Å². The van der Waals surface area contributed by atoms with Gasteiger partial charge in [0.1, 0.15) is 5.54 Å². The summed E-state index contributed by atoms with van der Waals surface area (Å²) in [4.78, 5) is 38.2. The highest BCUT2D eigenvalue weighted by atomic mass is 35.5. The molecule has 2 N–H and O–H groups in total. The largest absolute Gasteiger partial charge is 0.417 e. The standard InChI is InChI=1S/C19H19ClF3N3O3/c1-9-12-7-13(19(21,22)23)14(20)6-10(12)8-26(9)15(27)4-5-18(11-2-3-11)16(28)24-17(29)25-18/h6-7,9,11H,2-5,8H2,1H3,(H2,24,25,28,29)/t9-,18+/m1/s1. The minimum absolute atomic E-state index is 0.00237. The fraction of sp³-hybridized carbons (Fsp3) is 0.526. The molecule has 3 aliphatic rings. The number of alkyl halides is 3. The molecular weight excluding hydrogens is 411 g/mol. The van der Waals surface area contributed by atoms with Gasteiger partial charge in [0.15, 0.2) is 0 Å². The molecule has 0 bridgehead atoms. The third-order valence-corrected chi connectivity index (χ3v) is 6.40. The number of halogens is 4. The van der Waals surface area contributed by atoms with Crippen molar-refractivity contribution >= 4 is 29.4 Å². The average molecular weight is 430 g/mol. The van der Waals surface area contributed by atoms with Crippen molar-refractivity contribution in [3.05, 3.63) is 33.8 Å². The van der Waals surface area contributed by atoms with Crippen LogP contribution in [-0.4, -0.2) is 28.3 Å². The molecule has 156 valence electrons. The summed E-state index contributed by atoms with van der Waals surface area (Å²) >= 11 is 5.80. The second kappa shape index (κ2) is 6.62. The third kappa shape index (κ3) is 3.35. The van der Waals surface area contributed by atoms with Gasteiger partial charge in [-0.1, -0.05) is 11.6 Å². The van der Waals surface area contributed by atoms with Crippen LogP contribution in [0.2, 0.25) is 5.02 Å². The predicted molar refractivity (Wildman–Crippen MR) is 96.8 cm³/mol. The second-order valence-corrected chi connectivity index (χ2v) is 8.29. The summed E-state index contributed by atoms with van der Waals surface area (Å²) in [5, 5.41) is 4.52. The fourth-order valence-electron chi connectivity index (χ4n) is 4.36. The van der Waals surface area contributed by atoms with Crippen molar-refractivity contribution in [3.63, 3.8) is 0 Å². The molecule has 0 spiro atoms. The Morgan fingerprint density at radius 2 is 2.00 bits per heavy atom. The molecule has 2 atom stereocenters. The Morgan fingerprint density at radius 3 is 2.55 bits per heavy atom. The minimum Gasteiger partial charge on any atom is -0.332 e. The number of carbonyl (C=O) groups is 3. The van der Waals surface area contributed by atoms with E-state index in [1.54, 1.807) is 6.92 Å². The monoisotopic (exact) mass is 429 g/mol. The van der Waals surface area contributed by atoms with Crippen molar-refractivity contribution in [3.8, 4) is 0 Å². The van der Waals surface area contributed by atoms with Crippen LogP contribution < -0.4 is 10.6 Å². The molecule has 1 saturated carbocycles. The van der Waals surface area contributed by atoms with Gasteiger partial charge in [-0.2, -0.15) is 13.2 Å². The van der Waals surface area contributed by atoms with Gasteiger partial charge in [-0.3, -0.25) is 14.9 Å². The van der Waals surface area contributed by atoms with Crippen molar-refractivity contribution in [2.45, 2.75) is 56.9 Å². The molecule has 2 aliphatic heterocycles. The van der Waals surface area contributed by atoms with E-state index in [0.717, 1.165) is 18.9 Å². The maximum atomic E-state index is 13.1. The number of hydrogen-bond donors (Lipinski definition) is 2. The lowest BCUT2D eigenvalue weighted by molar-refractivity contribution is -0.137. The molecule has 0 radical (unpaired) electrons. The third-order valence-electron chi connectivity index (χ3n) is 6.09. The number of benzene rings is 1. The van der Waals surface area contributed by atoms with Crippen LogP contribution in [0.4, 0.5) is 18.0 Å². The second-order valence-electron chi connectivity index (χ2n) is 7.88. The van der Waals surface area contributed by atoms with Crippen molar-refractivity contribution in [1.82, 2.24) is 15.5 Å². The lowest BCUT2D eigenvalue weighted by Gasteiger charge is -2.28. The lowest BCUT2D eigenvalue weighted by Crippen LogP contribution is -2.49. The number of amides is 4. The van der Waals surface area contributed by atoms with E-state index in [1.165, 1.54) is 11.0 Å². The fourth-order valence-corrected chi connectivity index (χ4v) is 4.66. The number of nitrogens with zero attached hydrogens (tertiary/aromatic N) is 1. The Hall–Kier alpha value is -2.29. The number of fused-ring (bicyclic) bond motifs is 1. The number of nitrogens with one attached hydrogen (secondary N) is 2. The molecule has 2 heterocycles. The molecule has 1 aromatic carbocycles. The van der Waals surface area contributed by atoms with Crippen LogP contribution in [0.25, 0.3) is 0 Å². The van der Waals surface area contributed by atoms with Crippen molar-refractivity contribution in [2.24, 2.45) is 5.92 Å². The first kappa shape index (κ1) is 20.0. The van der Waals surface area contributed by atoms with Gasteiger partial charge in [0.05, 0.1) is 16.6 Å². The summed E-state index contributed by atoms with van der Waals surface area (Å²) < 4.78 is 39.4. The molecule has 0 unspecified atom stereocenters. The smallest absolute Gasteiger partial charge is 0.332 e. The molecule has 4 rings (SSSR count). The van der Waals surface area contributed by atoms with Crippen LogP contribution in [0.15, 0.2) is 12.1 Å². The molecule has 10 heteroatoms. The number of hydrogen-bond acceptors (Lipinski definition) is 3. The molecular formula is C19H19ClF3N3O3. The first-order valence-corrected chi connectivity index (χ1v) is 9.73. The van der Waals surface area contributed by atoms with E-state index in [2.05, 4.69) is 10.6 Å². The van der Waals surface area contributed by atoms with E-state index in [-0.39, 0.29) is 31.2 Å². The predicted octanol–water partition coefficient (Wildman–Crippen LogP) is 3.53. The van der Waals surface area contributed by atoms with Crippen molar-refractivity contribution in [1.29, 1.82) is 0 Å². The molecule has 1 aromatic rings. The van der Waals surface area contributed by atoms with Gasteiger partial charge < -0.3 is 10.2 Å². The lowest BCUT2D eigenvalue weighted by atomic mass is 9.87. The zero-order valence-electron chi connectivity index (χ0n) is 15.5. The van der Waals surface area contributed by atoms with Crippen LogP contribution in [0.5, 0.6) is 0 Å². The molecule has 1 saturated heterocycles. The van der Waals surface area contributed by atoms with E-state index in [9.17, 15) is 27.6 Å². The molecule has 1 aliphatic carbocycles. The van der Waals surface area contributed by atoms with Gasteiger partial charge >= 0.3 is 12.2 Å². The number of rotatable bonds is 4. The molecule has 0 aromatic heterocycles. The Kier molecular flexibility index (Phi) is 4.56. The SMILES string of the molecule is C[C@@H]1c2cc(C(F)(F)F)c(Cl)cc2CN1C(=O)CC[C@@]1(C2CC2)NC(=O)NC1=O. The van der Waals surface area contributed by atoms with Crippen LogP contribution in [0, 0.1) is 5.92 Å². The number of urea groups is 1. The van der Waals surface area contributed by atoms with Crippen LogP contribution in [0.1, 0.15) is 55.3 Å². The maximum absolute atomic E-state index is 13.1. The van der Waals surface area contributed by atoms with Gasteiger partial charge in [-0.05, 0) is 55.4 Å². The van der Waals surface area contributed by atoms with Gasteiger partial charge in [0.25, 0.3) is 5.91 Å². The Morgan fingerprint density at radius 1 is 1.31 bits per heavy atom. The number of imide groups is 1. The molecule has 6 nitrogen and oxygen atoms in total. The summed E-state index contributed by atoms with van der Waals surface area (Å²) in [6, 6.07) is 1.16. The summed E-state index contributed by atoms with van der Waals surface area (Å²) in [6.45, 7) is 1.82. The highest BCUT2D eigenvalue weighted by Gasteiger charge is 2.55. The highest BCUT2D eigenvalue weighted by molar-refractivity contribution is 6.31. The van der Waals surface area contributed by atoms with E-state index in [0.29, 0.717) is 11.1 Å². The summed E-state index contributed by atoms with van der Waals surface area (Å²) in [5.74, 6) is -0.701. The summed E-state index contributed by atoms with van der Waals surface area (Å²) in [7, 11) is 0. The zero-order valence-corrected chi connectivity index (χ0v) is 16.3. The maximum Gasteiger partial charge on any atom is 0.417 e. The first-order valence-electron chi connectivity index (χ1n) is 9.35. The van der Waals surface area contributed by atoms with Gasteiger partial charge in [0.2, 0.25) is 5.91 Å².